The van der Waals surface area contributed by atoms with E-state index in [1.54, 1.807) is 18.4 Å². The van der Waals surface area contributed by atoms with E-state index in [0.29, 0.717) is 17.7 Å². The average molecular weight is 297 g/mol. The van der Waals surface area contributed by atoms with E-state index in [9.17, 15) is 10.2 Å². The molecule has 0 saturated carbocycles. The molecule has 0 aliphatic heterocycles. The molecule has 3 aromatic rings. The molecule has 0 fully saturated rings. The summed E-state index contributed by atoms with van der Waals surface area (Å²) in [6, 6.07) is 12.8. The van der Waals surface area contributed by atoms with E-state index in [4.69, 9.17) is 4.42 Å². The lowest BCUT2D eigenvalue weighted by molar-refractivity contribution is 0.220. The van der Waals surface area contributed by atoms with Gasteiger partial charge in [-0.2, -0.15) is 0 Å². The van der Waals surface area contributed by atoms with Crippen LogP contribution in [-0.2, 0) is 6.54 Å². The third kappa shape index (κ3) is 2.58. The number of furan rings is 1. The first-order valence-corrected chi connectivity index (χ1v) is 7.17. The van der Waals surface area contributed by atoms with Crippen LogP contribution in [0.4, 0.5) is 0 Å². The Labute approximate surface area is 129 Å². The molecule has 4 heteroatoms. The van der Waals surface area contributed by atoms with E-state index in [2.05, 4.69) is 0 Å². The second-order valence-corrected chi connectivity index (χ2v) is 5.68. The Kier molecular flexibility index (Phi) is 3.88. The van der Waals surface area contributed by atoms with Crippen LogP contribution in [0.25, 0.3) is 11.0 Å². The van der Waals surface area contributed by atoms with E-state index < -0.39 is 6.10 Å². The van der Waals surface area contributed by atoms with E-state index >= 15 is 0 Å². The van der Waals surface area contributed by atoms with E-state index in [1.807, 2.05) is 49.3 Å². The first-order valence-electron chi connectivity index (χ1n) is 7.17. The Morgan fingerprint density at radius 3 is 2.50 bits per heavy atom. The van der Waals surface area contributed by atoms with Crippen molar-refractivity contribution in [3.63, 3.8) is 0 Å². The predicted molar refractivity (Wildman–Crippen MR) is 85.8 cm³/mol. The molecule has 1 aromatic heterocycles. The van der Waals surface area contributed by atoms with Gasteiger partial charge in [0.25, 0.3) is 0 Å². The zero-order valence-corrected chi connectivity index (χ0v) is 12.7. The summed E-state index contributed by atoms with van der Waals surface area (Å²) in [6.07, 6.45) is 0.783. The lowest BCUT2D eigenvalue weighted by atomic mass is 9.97. The molecule has 0 bridgehead atoms. The third-order valence-corrected chi connectivity index (χ3v) is 3.74. The Hall–Kier alpha value is -2.30. The van der Waals surface area contributed by atoms with Gasteiger partial charge in [0.1, 0.15) is 17.4 Å². The van der Waals surface area contributed by atoms with Crippen LogP contribution in [0.1, 0.15) is 22.8 Å². The fourth-order valence-electron chi connectivity index (χ4n) is 2.71. The van der Waals surface area contributed by atoms with Crippen LogP contribution in [0, 0.1) is 0 Å². The number of phenolic OH excluding ortho intramolecular Hbond substituents is 1. The number of aromatic hydroxyl groups is 1. The number of nitrogens with zero attached hydrogens (tertiary/aromatic N) is 1. The highest BCUT2D eigenvalue weighted by molar-refractivity contribution is 5.87. The highest BCUT2D eigenvalue weighted by Crippen LogP contribution is 2.36. The highest BCUT2D eigenvalue weighted by Gasteiger charge is 2.21. The normalized spacial score (nSPS) is 12.9. The molecule has 22 heavy (non-hydrogen) atoms. The highest BCUT2D eigenvalue weighted by atomic mass is 16.3. The molecular formula is C18H19NO3. The SMILES string of the molecule is CN(C)Cc1c(O)ccc2occ([C@@H](O)c3ccccc3)c12. The van der Waals surface area contributed by atoms with Crippen LogP contribution in [0.3, 0.4) is 0 Å². The lowest BCUT2D eigenvalue weighted by Crippen LogP contribution is -2.11. The summed E-state index contributed by atoms with van der Waals surface area (Å²) in [4.78, 5) is 1.97. The zero-order valence-electron chi connectivity index (χ0n) is 12.7. The fraction of sp³-hybridized carbons (Fsp3) is 0.222. The maximum Gasteiger partial charge on any atom is 0.134 e. The minimum absolute atomic E-state index is 0.212. The van der Waals surface area contributed by atoms with Crippen LogP contribution < -0.4 is 0 Å². The number of hydrogen-bond acceptors (Lipinski definition) is 4. The molecule has 0 aliphatic carbocycles. The molecule has 2 N–H and O–H groups in total. The lowest BCUT2D eigenvalue weighted by Gasteiger charge is -2.15. The zero-order chi connectivity index (χ0) is 15.7. The van der Waals surface area contributed by atoms with E-state index in [0.717, 1.165) is 16.5 Å². The first-order chi connectivity index (χ1) is 10.6. The summed E-state index contributed by atoms with van der Waals surface area (Å²) in [7, 11) is 3.87. The van der Waals surface area contributed by atoms with Crippen molar-refractivity contribution in [2.45, 2.75) is 12.6 Å². The molecule has 3 rings (SSSR count). The van der Waals surface area contributed by atoms with Gasteiger partial charge in [0, 0.05) is 23.1 Å². The van der Waals surface area contributed by atoms with Crippen LogP contribution in [-0.4, -0.2) is 29.2 Å². The summed E-state index contributed by atoms with van der Waals surface area (Å²) < 4.78 is 5.58. The van der Waals surface area contributed by atoms with Gasteiger partial charge >= 0.3 is 0 Å². The van der Waals surface area contributed by atoms with Gasteiger partial charge < -0.3 is 19.5 Å². The molecule has 0 aliphatic rings. The van der Waals surface area contributed by atoms with Gasteiger partial charge in [-0.25, -0.2) is 0 Å². The van der Waals surface area contributed by atoms with Crippen LogP contribution in [0.5, 0.6) is 5.75 Å². The largest absolute Gasteiger partial charge is 0.508 e. The summed E-state index contributed by atoms with van der Waals surface area (Å²) in [5, 5.41) is 21.7. The maximum atomic E-state index is 10.7. The average Bonchev–Trinajstić information content (AvgIpc) is 2.94. The summed E-state index contributed by atoms with van der Waals surface area (Å²) in [6.45, 7) is 0.567. The summed E-state index contributed by atoms with van der Waals surface area (Å²) in [5.41, 5.74) is 2.90. The molecule has 0 radical (unpaired) electrons. The second-order valence-electron chi connectivity index (χ2n) is 5.68. The Morgan fingerprint density at radius 2 is 1.82 bits per heavy atom. The van der Waals surface area contributed by atoms with Gasteiger partial charge in [0.2, 0.25) is 0 Å². The maximum absolute atomic E-state index is 10.7. The van der Waals surface area contributed by atoms with Crippen molar-refractivity contribution in [1.29, 1.82) is 0 Å². The Morgan fingerprint density at radius 1 is 1.09 bits per heavy atom. The molecule has 2 aromatic carbocycles. The quantitative estimate of drug-likeness (QED) is 0.776. The van der Waals surface area contributed by atoms with Crippen molar-refractivity contribution in [1.82, 2.24) is 4.90 Å². The Bertz CT molecular complexity index is 778. The molecule has 1 atom stereocenters. The summed E-state index contributed by atoms with van der Waals surface area (Å²) in [5.74, 6) is 0.212. The van der Waals surface area contributed by atoms with Crippen LogP contribution >= 0.6 is 0 Å². The minimum Gasteiger partial charge on any atom is -0.508 e. The van der Waals surface area contributed by atoms with Crippen molar-refractivity contribution in [3.8, 4) is 5.75 Å². The standard InChI is InChI=1S/C18H19NO3/c1-19(2)10-13-15(20)8-9-16-17(13)14(11-22-16)18(21)12-6-4-3-5-7-12/h3-9,11,18,20-21H,10H2,1-2H3/t18-/m0/s1. The molecule has 0 saturated heterocycles. The predicted octanol–water partition coefficient (Wildman–Crippen LogP) is 3.28. The van der Waals surface area contributed by atoms with Crippen molar-refractivity contribution < 1.29 is 14.6 Å². The minimum atomic E-state index is -0.787. The first kappa shape index (κ1) is 14.6. The molecule has 0 spiro atoms. The van der Waals surface area contributed by atoms with Crippen LogP contribution in [0.15, 0.2) is 53.1 Å². The number of hydrogen-bond donors (Lipinski definition) is 2. The van der Waals surface area contributed by atoms with Crippen molar-refractivity contribution in [3.05, 3.63) is 65.4 Å². The molecule has 0 unspecified atom stereocenters. The van der Waals surface area contributed by atoms with Gasteiger partial charge in [0.05, 0.1) is 6.26 Å². The molecule has 114 valence electrons. The third-order valence-electron chi connectivity index (χ3n) is 3.74. The summed E-state index contributed by atoms with van der Waals surface area (Å²) >= 11 is 0. The fourth-order valence-corrected chi connectivity index (χ4v) is 2.71. The van der Waals surface area contributed by atoms with Crippen molar-refractivity contribution in [2.24, 2.45) is 0 Å². The number of rotatable bonds is 4. The molecule has 1 heterocycles. The Balaban J connectivity index is 2.16. The number of phenols is 1. The second kappa shape index (κ2) is 5.83. The van der Waals surface area contributed by atoms with Gasteiger partial charge in [0.15, 0.2) is 0 Å². The van der Waals surface area contributed by atoms with Gasteiger partial charge in [-0.3, -0.25) is 0 Å². The van der Waals surface area contributed by atoms with Gasteiger partial charge in [-0.1, -0.05) is 30.3 Å². The number of aliphatic hydroxyl groups is 1. The van der Waals surface area contributed by atoms with Crippen LogP contribution in [0.2, 0.25) is 0 Å². The number of aliphatic hydroxyl groups excluding tert-OH is 1. The van der Waals surface area contributed by atoms with E-state index in [-0.39, 0.29) is 5.75 Å². The molecular weight excluding hydrogens is 278 g/mol. The van der Waals surface area contributed by atoms with Crippen molar-refractivity contribution in [2.75, 3.05) is 14.1 Å². The topological polar surface area (TPSA) is 56.8 Å². The van der Waals surface area contributed by atoms with Crippen molar-refractivity contribution >= 4 is 11.0 Å². The monoisotopic (exact) mass is 297 g/mol. The van der Waals surface area contributed by atoms with Gasteiger partial charge in [-0.15, -0.1) is 0 Å². The van der Waals surface area contributed by atoms with E-state index in [1.165, 1.54) is 0 Å². The smallest absolute Gasteiger partial charge is 0.134 e. The molecule has 0 amide bonds. The number of fused-ring (bicyclic) bond motifs is 1. The van der Waals surface area contributed by atoms with Gasteiger partial charge in [-0.05, 0) is 31.8 Å². The molecule has 4 nitrogen and oxygen atoms in total. The number of benzene rings is 2.